The zero-order valence-electron chi connectivity index (χ0n) is 22.5. The number of nitrogens with one attached hydrogen (secondary N) is 2. The molecule has 0 spiro atoms. The molecule has 4 aromatic rings. The normalized spacial score (nSPS) is 36.1. The van der Waals surface area contributed by atoms with Crippen molar-refractivity contribution in [3.63, 3.8) is 0 Å². The Kier molecular flexibility index (Phi) is 6.99. The highest BCUT2D eigenvalue weighted by Crippen LogP contribution is 2.47. The summed E-state index contributed by atoms with van der Waals surface area (Å²) < 4.78 is 96.4. The summed E-state index contributed by atoms with van der Waals surface area (Å²) in [6, 6.07) is 0. The van der Waals surface area contributed by atoms with E-state index in [-0.39, 0.29) is 28.1 Å². The van der Waals surface area contributed by atoms with Crippen molar-refractivity contribution in [1.82, 2.24) is 49.6 Å². The van der Waals surface area contributed by atoms with Crippen LogP contribution in [0.4, 0.5) is 14.6 Å². The Morgan fingerprint density at radius 3 is 2.64 bits per heavy atom. The third-order valence-corrected chi connectivity index (χ3v) is 10.2. The van der Waals surface area contributed by atoms with E-state index in [9.17, 15) is 17.8 Å². The maximum absolute atomic E-state index is 15.9. The van der Waals surface area contributed by atoms with Crippen LogP contribution in [0.3, 0.4) is 0 Å². The predicted octanol–water partition coefficient (Wildman–Crippen LogP) is -0.676. The van der Waals surface area contributed by atoms with Crippen molar-refractivity contribution in [2.45, 2.75) is 55.6 Å². The van der Waals surface area contributed by atoms with Crippen molar-refractivity contribution in [2.24, 2.45) is 0 Å². The molecule has 0 aliphatic carbocycles. The summed E-state index contributed by atoms with van der Waals surface area (Å²) in [5, 5.41) is 10.1. The average Bonchev–Trinajstić information content (AvgIpc) is 3.73. The summed E-state index contributed by atoms with van der Waals surface area (Å²) in [6.07, 6.45) is -9.87. The van der Waals surface area contributed by atoms with Crippen LogP contribution in [0.1, 0.15) is 18.9 Å². The van der Waals surface area contributed by atoms with Crippen LogP contribution in [0.5, 0.6) is 0 Å². The number of aromatic amines is 1. The molecular weight excluding hydrogens is 635 g/mol. The lowest BCUT2D eigenvalue weighted by Gasteiger charge is -2.27. The fourth-order valence-electron chi connectivity index (χ4n) is 5.45. The van der Waals surface area contributed by atoms with Gasteiger partial charge in [-0.2, -0.15) is 13.1 Å². The van der Waals surface area contributed by atoms with E-state index in [0.29, 0.717) is 0 Å². The summed E-state index contributed by atoms with van der Waals surface area (Å²) in [5.41, 5.74) is 5.24. The Balaban J connectivity index is 1.17. The molecule has 3 saturated heterocycles. The van der Waals surface area contributed by atoms with E-state index >= 15 is 8.78 Å². The minimum absolute atomic E-state index is 0.0429. The van der Waals surface area contributed by atoms with Gasteiger partial charge in [-0.1, -0.05) is 5.21 Å². The third kappa shape index (κ3) is 4.95. The molecular formula is C21H24F2N11O8PS. The number of nitrogens with two attached hydrogens (primary N) is 1. The van der Waals surface area contributed by atoms with Crippen LogP contribution in [-0.4, -0.2) is 109 Å². The van der Waals surface area contributed by atoms with Crippen molar-refractivity contribution in [3.05, 3.63) is 29.3 Å². The third-order valence-electron chi connectivity index (χ3n) is 7.52. The maximum Gasteiger partial charge on any atom is 0.280 e. The number of nitrogen functional groups attached to an aromatic ring is 1. The summed E-state index contributed by atoms with van der Waals surface area (Å²) in [4.78, 5) is 30.3. The highest BCUT2D eigenvalue weighted by molar-refractivity contribution is 7.86. The summed E-state index contributed by atoms with van der Waals surface area (Å²) in [5.74, 6) is -0.700. The summed E-state index contributed by atoms with van der Waals surface area (Å²) >= 11 is 0. The van der Waals surface area contributed by atoms with Crippen LogP contribution >= 0.6 is 7.52 Å². The molecule has 4 aromatic heterocycles. The fourth-order valence-corrected chi connectivity index (χ4v) is 7.94. The zero-order chi connectivity index (χ0) is 31.0. The number of anilines is 1. The molecule has 7 rings (SSSR count). The summed E-state index contributed by atoms with van der Waals surface area (Å²) in [6.45, 7) is 0.768. The monoisotopic (exact) mass is 659 g/mol. The SMILES string of the molecule is CP1(=O)NC[C@H]2O[C@@H](n3cnc4c(N)ncnc43)[C@H](F)[C@@H]2OS(=O)(=O)CC[C@H]2O[C@@H](n3nnc4c(=O)[nH]cnc43)[C@H](F)[C@@H]2O1. The van der Waals surface area contributed by atoms with Crippen molar-refractivity contribution in [3.8, 4) is 0 Å². The first-order valence-electron chi connectivity index (χ1n) is 13.1. The first kappa shape index (κ1) is 29.2. The van der Waals surface area contributed by atoms with Crippen LogP contribution in [-0.2, 0) is 32.9 Å². The second-order valence-electron chi connectivity index (χ2n) is 10.4. The number of nitrogens with zero attached hydrogens (tertiary/aromatic N) is 8. The van der Waals surface area contributed by atoms with E-state index in [2.05, 4.69) is 40.3 Å². The number of hydrogen-bond donors (Lipinski definition) is 3. The van der Waals surface area contributed by atoms with Crippen LogP contribution < -0.4 is 16.4 Å². The second-order valence-corrected chi connectivity index (χ2v) is 14.4. The molecule has 23 heteroatoms. The average molecular weight is 660 g/mol. The molecule has 0 amide bonds. The molecule has 1 unspecified atom stereocenters. The minimum atomic E-state index is -4.47. The first-order valence-corrected chi connectivity index (χ1v) is 16.8. The minimum Gasteiger partial charge on any atom is -0.382 e. The number of hydrogen-bond acceptors (Lipinski definition) is 15. The molecule has 3 aliphatic rings. The fraction of sp³-hybridized carbons (Fsp3) is 0.571. The van der Waals surface area contributed by atoms with E-state index in [1.54, 1.807) is 0 Å². The molecule has 44 heavy (non-hydrogen) atoms. The van der Waals surface area contributed by atoms with Crippen LogP contribution in [0.2, 0.25) is 0 Å². The van der Waals surface area contributed by atoms with Crippen LogP contribution in [0.25, 0.3) is 22.3 Å². The number of fused-ring (bicyclic) bond motifs is 4. The van der Waals surface area contributed by atoms with Gasteiger partial charge in [0.05, 0.1) is 24.5 Å². The van der Waals surface area contributed by atoms with E-state index in [1.165, 1.54) is 17.6 Å². The van der Waals surface area contributed by atoms with Gasteiger partial charge in [0.15, 0.2) is 47.4 Å². The standard InChI is InChI=1S/C21H24F2N11O8PS/c1-43(36)30-4-9-15(11(23)20(40-9)33-7-29-12-16(24)25-5-26-17(12)33)42-44(37,38)3-2-8-14(41-43)10(22)21(39-8)34-18-13(31-32-34)19(35)28-6-27-18/h5-11,14-15,20-21H,2-4H2,1H3,(H,30,36)(H2,24,25,26)(H,27,28,35)/t8-,9-,10-,11-,14-,15-,20-,21-,43?/m1/s1. The molecule has 0 bridgehead atoms. The van der Waals surface area contributed by atoms with Gasteiger partial charge in [-0.3, -0.25) is 18.1 Å². The molecule has 236 valence electrons. The highest BCUT2D eigenvalue weighted by Gasteiger charge is 2.53. The number of halogens is 2. The molecule has 7 heterocycles. The number of imidazole rings is 1. The highest BCUT2D eigenvalue weighted by atomic mass is 32.2. The lowest BCUT2D eigenvalue weighted by atomic mass is 10.1. The topological polar surface area (TPSA) is 246 Å². The molecule has 4 N–H and O–H groups in total. The molecule has 0 aromatic carbocycles. The Hall–Kier alpha value is -3.53. The Labute approximate surface area is 245 Å². The number of rotatable bonds is 2. The largest absolute Gasteiger partial charge is 0.382 e. The van der Waals surface area contributed by atoms with Crippen molar-refractivity contribution >= 4 is 45.8 Å². The lowest BCUT2D eigenvalue weighted by molar-refractivity contribution is -0.0300. The van der Waals surface area contributed by atoms with Gasteiger partial charge in [-0.05, 0) is 6.42 Å². The predicted molar refractivity (Wildman–Crippen MR) is 143 cm³/mol. The van der Waals surface area contributed by atoms with Gasteiger partial charge in [-0.25, -0.2) is 33.8 Å². The number of alkyl halides is 2. The second kappa shape index (κ2) is 10.5. The van der Waals surface area contributed by atoms with Crippen molar-refractivity contribution in [1.29, 1.82) is 0 Å². The van der Waals surface area contributed by atoms with Crippen LogP contribution in [0, 0.1) is 0 Å². The number of ether oxygens (including phenoxy) is 2. The Morgan fingerprint density at radius 2 is 1.82 bits per heavy atom. The van der Waals surface area contributed by atoms with Crippen molar-refractivity contribution in [2.75, 3.05) is 24.7 Å². The smallest absolute Gasteiger partial charge is 0.280 e. The Bertz CT molecular complexity index is 1960. The number of aromatic nitrogens is 9. The molecule has 0 saturated carbocycles. The first-order chi connectivity index (χ1) is 20.9. The zero-order valence-corrected chi connectivity index (χ0v) is 24.2. The van der Waals surface area contributed by atoms with E-state index < -0.39 is 91.1 Å². The lowest BCUT2D eigenvalue weighted by Crippen LogP contribution is -2.42. The van der Waals surface area contributed by atoms with Crippen LogP contribution in [0.15, 0.2) is 23.8 Å². The quantitative estimate of drug-likeness (QED) is 0.178. The number of H-pyrrole nitrogens is 1. The van der Waals surface area contributed by atoms with E-state index in [0.717, 1.165) is 17.3 Å². The Morgan fingerprint density at radius 1 is 1.05 bits per heavy atom. The van der Waals surface area contributed by atoms with Gasteiger partial charge in [0.25, 0.3) is 23.2 Å². The van der Waals surface area contributed by atoms with Gasteiger partial charge in [0.1, 0.15) is 30.2 Å². The molecule has 3 aliphatic heterocycles. The summed E-state index contributed by atoms with van der Waals surface area (Å²) in [7, 11) is -8.35. The van der Waals surface area contributed by atoms with Crippen molar-refractivity contribution < 1.29 is 39.9 Å². The van der Waals surface area contributed by atoms with Gasteiger partial charge in [0, 0.05) is 13.2 Å². The molecule has 19 nitrogen and oxygen atoms in total. The maximum atomic E-state index is 15.9. The van der Waals surface area contributed by atoms with Gasteiger partial charge >= 0.3 is 0 Å². The van der Waals surface area contributed by atoms with E-state index in [4.69, 9.17) is 23.9 Å². The molecule has 9 atom stereocenters. The van der Waals surface area contributed by atoms with Gasteiger partial charge < -0.3 is 24.7 Å². The van der Waals surface area contributed by atoms with E-state index in [1.807, 2.05) is 0 Å². The molecule has 3 fully saturated rings. The molecule has 0 radical (unpaired) electrons. The van der Waals surface area contributed by atoms with Gasteiger partial charge in [-0.15, -0.1) is 5.10 Å². The van der Waals surface area contributed by atoms with Gasteiger partial charge in [0.2, 0.25) is 0 Å².